The largest absolute Gasteiger partial charge is 0.399 e. The first-order chi connectivity index (χ1) is 8.60. The Balaban J connectivity index is 2.37. The van der Waals surface area contributed by atoms with Crippen molar-refractivity contribution >= 4 is 55.6 Å². The van der Waals surface area contributed by atoms with E-state index in [0.29, 0.717) is 5.56 Å². The summed E-state index contributed by atoms with van der Waals surface area (Å²) in [6.45, 7) is 0. The van der Waals surface area contributed by atoms with Gasteiger partial charge in [-0.25, -0.2) is 0 Å². The molecule has 0 unspecified atom stereocenters. The van der Waals surface area contributed by atoms with Crippen LogP contribution >= 0.6 is 38.5 Å². The van der Waals surface area contributed by atoms with E-state index < -0.39 is 0 Å². The first kappa shape index (κ1) is 13.2. The number of nitriles is 1. The van der Waals surface area contributed by atoms with Gasteiger partial charge < -0.3 is 11.1 Å². The summed E-state index contributed by atoms with van der Waals surface area (Å²) in [5.74, 6) is 0. The molecule has 0 atom stereocenters. The number of benzene rings is 2. The molecule has 0 aliphatic heterocycles. The highest BCUT2D eigenvalue weighted by Gasteiger charge is 2.05. The Hall–Kier alpha value is -1.26. The zero-order valence-corrected chi connectivity index (χ0v) is 13.0. The van der Waals surface area contributed by atoms with Crippen LogP contribution in [-0.2, 0) is 0 Å². The molecule has 3 N–H and O–H groups in total. The van der Waals surface area contributed by atoms with Crippen LogP contribution < -0.4 is 11.1 Å². The number of nitrogens with two attached hydrogens (primary N) is 1. The summed E-state index contributed by atoms with van der Waals surface area (Å²) in [5, 5.41) is 12.3. The molecular formula is C13H9BrIN3. The van der Waals surface area contributed by atoms with Crippen molar-refractivity contribution in [2.75, 3.05) is 11.1 Å². The van der Waals surface area contributed by atoms with E-state index in [1.165, 1.54) is 0 Å². The molecule has 5 heteroatoms. The lowest BCUT2D eigenvalue weighted by Crippen LogP contribution is -1.97. The van der Waals surface area contributed by atoms with Gasteiger partial charge in [0.25, 0.3) is 0 Å². The standard InChI is InChI=1S/C13H9BrIN3/c14-9-1-3-12(8(5-9)7-16)18-13-4-2-10(17)6-11(13)15/h1-6,18H,17H2. The number of hydrogen-bond donors (Lipinski definition) is 2. The normalized spacial score (nSPS) is 9.83. The molecule has 0 radical (unpaired) electrons. The molecule has 0 saturated heterocycles. The smallest absolute Gasteiger partial charge is 0.101 e. The van der Waals surface area contributed by atoms with Crippen molar-refractivity contribution in [1.82, 2.24) is 0 Å². The lowest BCUT2D eigenvalue weighted by atomic mass is 10.2. The van der Waals surface area contributed by atoms with E-state index in [9.17, 15) is 0 Å². The quantitative estimate of drug-likeness (QED) is 0.571. The molecule has 0 aromatic heterocycles. The summed E-state index contributed by atoms with van der Waals surface area (Å²) < 4.78 is 1.90. The average Bonchev–Trinajstić information content (AvgIpc) is 2.34. The Labute approximate surface area is 127 Å². The fourth-order valence-electron chi connectivity index (χ4n) is 1.50. The monoisotopic (exact) mass is 413 g/mol. The van der Waals surface area contributed by atoms with Gasteiger partial charge in [0.05, 0.1) is 16.9 Å². The maximum atomic E-state index is 9.10. The second-order valence-corrected chi connectivity index (χ2v) is 5.74. The summed E-state index contributed by atoms with van der Waals surface area (Å²) in [5.41, 5.74) is 8.74. The second-order valence-electron chi connectivity index (χ2n) is 3.67. The van der Waals surface area contributed by atoms with Gasteiger partial charge in [0.15, 0.2) is 0 Å². The van der Waals surface area contributed by atoms with Crippen LogP contribution in [0.25, 0.3) is 0 Å². The molecule has 90 valence electrons. The third-order valence-corrected chi connectivity index (χ3v) is 3.75. The van der Waals surface area contributed by atoms with E-state index in [1.807, 2.05) is 30.3 Å². The average molecular weight is 414 g/mol. The first-order valence-electron chi connectivity index (χ1n) is 5.12. The van der Waals surface area contributed by atoms with E-state index in [1.54, 1.807) is 6.07 Å². The molecule has 2 rings (SSSR count). The van der Waals surface area contributed by atoms with Crippen LogP contribution in [0.3, 0.4) is 0 Å². The zero-order valence-electron chi connectivity index (χ0n) is 9.24. The Morgan fingerprint density at radius 2 is 1.89 bits per heavy atom. The third kappa shape index (κ3) is 2.94. The maximum absolute atomic E-state index is 9.10. The van der Waals surface area contributed by atoms with E-state index in [0.717, 1.165) is 25.1 Å². The van der Waals surface area contributed by atoms with Crippen molar-refractivity contribution in [3.05, 3.63) is 50.0 Å². The van der Waals surface area contributed by atoms with Gasteiger partial charge in [-0.15, -0.1) is 0 Å². The summed E-state index contributed by atoms with van der Waals surface area (Å²) in [6, 6.07) is 13.3. The zero-order chi connectivity index (χ0) is 13.1. The molecule has 2 aromatic carbocycles. The minimum absolute atomic E-state index is 0.594. The van der Waals surface area contributed by atoms with Crippen LogP contribution in [0.2, 0.25) is 0 Å². The van der Waals surface area contributed by atoms with Crippen molar-refractivity contribution < 1.29 is 0 Å². The van der Waals surface area contributed by atoms with Crippen LogP contribution in [0.5, 0.6) is 0 Å². The topological polar surface area (TPSA) is 61.8 Å². The molecule has 0 amide bonds. The Kier molecular flexibility index (Phi) is 4.09. The summed E-state index contributed by atoms with van der Waals surface area (Å²) in [6.07, 6.45) is 0. The highest BCUT2D eigenvalue weighted by molar-refractivity contribution is 14.1. The Bertz CT molecular complexity index is 635. The number of nitrogens with zero attached hydrogens (tertiary/aromatic N) is 1. The van der Waals surface area contributed by atoms with Crippen LogP contribution in [0.1, 0.15) is 5.56 Å². The second kappa shape index (κ2) is 5.59. The Morgan fingerprint density at radius 3 is 2.56 bits per heavy atom. The highest BCUT2D eigenvalue weighted by atomic mass is 127. The van der Waals surface area contributed by atoms with Gasteiger partial charge in [-0.1, -0.05) is 15.9 Å². The summed E-state index contributed by atoms with van der Waals surface area (Å²) >= 11 is 5.56. The van der Waals surface area contributed by atoms with Gasteiger partial charge in [0.2, 0.25) is 0 Å². The van der Waals surface area contributed by atoms with Crippen molar-refractivity contribution in [3.8, 4) is 6.07 Å². The number of halogens is 2. The van der Waals surface area contributed by atoms with Crippen LogP contribution in [0, 0.1) is 14.9 Å². The van der Waals surface area contributed by atoms with Gasteiger partial charge in [-0.2, -0.15) is 5.26 Å². The fraction of sp³-hybridized carbons (Fsp3) is 0. The molecule has 0 bridgehead atoms. The minimum Gasteiger partial charge on any atom is -0.399 e. The van der Waals surface area contributed by atoms with Crippen LogP contribution in [0.15, 0.2) is 40.9 Å². The van der Waals surface area contributed by atoms with E-state index in [4.69, 9.17) is 11.0 Å². The van der Waals surface area contributed by atoms with E-state index >= 15 is 0 Å². The van der Waals surface area contributed by atoms with Gasteiger partial charge >= 0.3 is 0 Å². The van der Waals surface area contributed by atoms with Gasteiger partial charge in [-0.3, -0.25) is 0 Å². The third-order valence-electron chi connectivity index (χ3n) is 2.36. The van der Waals surface area contributed by atoms with Crippen LogP contribution in [-0.4, -0.2) is 0 Å². The Morgan fingerprint density at radius 1 is 1.17 bits per heavy atom. The van der Waals surface area contributed by atoms with Crippen molar-refractivity contribution in [1.29, 1.82) is 5.26 Å². The van der Waals surface area contributed by atoms with Gasteiger partial charge in [-0.05, 0) is 59.0 Å². The molecule has 0 fully saturated rings. The summed E-state index contributed by atoms with van der Waals surface area (Å²) in [7, 11) is 0. The lowest BCUT2D eigenvalue weighted by Gasteiger charge is -2.10. The molecule has 18 heavy (non-hydrogen) atoms. The highest BCUT2D eigenvalue weighted by Crippen LogP contribution is 2.27. The van der Waals surface area contributed by atoms with E-state index in [-0.39, 0.29) is 0 Å². The number of nitrogens with one attached hydrogen (secondary N) is 1. The molecule has 0 aliphatic carbocycles. The number of anilines is 3. The van der Waals surface area contributed by atoms with Crippen molar-refractivity contribution in [3.63, 3.8) is 0 Å². The minimum atomic E-state index is 0.594. The van der Waals surface area contributed by atoms with Crippen molar-refractivity contribution in [2.24, 2.45) is 0 Å². The number of rotatable bonds is 2. The van der Waals surface area contributed by atoms with Crippen LogP contribution in [0.4, 0.5) is 17.1 Å². The maximum Gasteiger partial charge on any atom is 0.101 e. The lowest BCUT2D eigenvalue weighted by molar-refractivity contribution is 1.44. The predicted octanol–water partition coefficient (Wildman–Crippen LogP) is 4.25. The fourth-order valence-corrected chi connectivity index (χ4v) is 2.53. The van der Waals surface area contributed by atoms with Crippen molar-refractivity contribution in [2.45, 2.75) is 0 Å². The van der Waals surface area contributed by atoms with Gasteiger partial charge in [0, 0.05) is 13.7 Å². The molecule has 0 heterocycles. The first-order valence-corrected chi connectivity index (χ1v) is 6.99. The van der Waals surface area contributed by atoms with Gasteiger partial charge in [0.1, 0.15) is 6.07 Å². The number of nitrogen functional groups attached to an aromatic ring is 1. The molecule has 0 aliphatic rings. The molecule has 2 aromatic rings. The molecule has 3 nitrogen and oxygen atoms in total. The molecular weight excluding hydrogens is 405 g/mol. The molecule has 0 saturated carbocycles. The SMILES string of the molecule is N#Cc1cc(Br)ccc1Nc1ccc(N)cc1I. The predicted molar refractivity (Wildman–Crippen MR) is 85.7 cm³/mol. The summed E-state index contributed by atoms with van der Waals surface area (Å²) in [4.78, 5) is 0. The van der Waals surface area contributed by atoms with E-state index in [2.05, 4.69) is 49.9 Å². The molecule has 0 spiro atoms. The number of hydrogen-bond acceptors (Lipinski definition) is 3.